The van der Waals surface area contributed by atoms with Crippen molar-refractivity contribution < 1.29 is 18.9 Å². The van der Waals surface area contributed by atoms with Gasteiger partial charge in [0.2, 0.25) is 0 Å². The van der Waals surface area contributed by atoms with Gasteiger partial charge in [0.25, 0.3) is 16.8 Å². The second-order valence-corrected chi connectivity index (χ2v) is 7.43. The van der Waals surface area contributed by atoms with Crippen LogP contribution >= 0.6 is 23.4 Å². The third-order valence-electron chi connectivity index (χ3n) is 4.14. The SMILES string of the molecule is O=C1S/C(=C/c2ccc(-c3ccc([N+](=O)[O-])cc3)o2)C(=O)N1c1ccc(Cl)cc1. The van der Waals surface area contributed by atoms with Crippen molar-refractivity contribution >= 4 is 52.0 Å². The lowest BCUT2D eigenvalue weighted by Gasteiger charge is -2.11. The number of nitrogens with zero attached hydrogens (tertiary/aromatic N) is 2. The molecule has 3 aromatic rings. The molecule has 4 rings (SSSR count). The van der Waals surface area contributed by atoms with Gasteiger partial charge in [-0.25, -0.2) is 4.90 Å². The number of carbonyl (C=O) groups is 2. The molecule has 29 heavy (non-hydrogen) atoms. The lowest BCUT2D eigenvalue weighted by molar-refractivity contribution is -0.384. The number of rotatable bonds is 4. The number of hydrogen-bond donors (Lipinski definition) is 0. The molecule has 1 fully saturated rings. The van der Waals surface area contributed by atoms with E-state index in [1.807, 2.05) is 0 Å². The molecule has 2 aromatic carbocycles. The molecule has 144 valence electrons. The molecule has 0 atom stereocenters. The zero-order valence-corrected chi connectivity index (χ0v) is 16.1. The highest BCUT2D eigenvalue weighted by Gasteiger charge is 2.36. The van der Waals surface area contributed by atoms with Gasteiger partial charge in [0.15, 0.2) is 0 Å². The Kier molecular flexibility index (Phi) is 4.96. The predicted octanol–water partition coefficient (Wildman–Crippen LogP) is 5.75. The van der Waals surface area contributed by atoms with Crippen LogP contribution in [0, 0.1) is 10.1 Å². The van der Waals surface area contributed by atoms with Crippen molar-refractivity contribution in [2.24, 2.45) is 0 Å². The summed E-state index contributed by atoms with van der Waals surface area (Å²) in [6.45, 7) is 0. The monoisotopic (exact) mass is 426 g/mol. The number of amides is 2. The van der Waals surface area contributed by atoms with Crippen LogP contribution in [0.15, 0.2) is 70.0 Å². The number of carbonyl (C=O) groups excluding carboxylic acids is 2. The molecule has 1 aliphatic rings. The molecule has 1 saturated heterocycles. The second-order valence-electron chi connectivity index (χ2n) is 6.00. The first kappa shape index (κ1) is 19.0. The van der Waals surface area contributed by atoms with Crippen LogP contribution in [0.5, 0.6) is 0 Å². The third kappa shape index (κ3) is 3.80. The van der Waals surface area contributed by atoms with Crippen molar-refractivity contribution in [3.63, 3.8) is 0 Å². The van der Waals surface area contributed by atoms with E-state index < -0.39 is 16.1 Å². The molecule has 0 radical (unpaired) electrons. The number of benzene rings is 2. The molecule has 0 spiro atoms. The Hall–Kier alpha value is -3.36. The van der Waals surface area contributed by atoms with Gasteiger partial charge in [0.05, 0.1) is 15.5 Å². The van der Waals surface area contributed by atoms with Gasteiger partial charge >= 0.3 is 0 Å². The maximum absolute atomic E-state index is 12.7. The van der Waals surface area contributed by atoms with Gasteiger partial charge in [-0.15, -0.1) is 0 Å². The van der Waals surface area contributed by atoms with E-state index in [9.17, 15) is 19.7 Å². The summed E-state index contributed by atoms with van der Waals surface area (Å²) in [5.74, 6) is 0.429. The van der Waals surface area contributed by atoms with Crippen molar-refractivity contribution in [3.05, 3.63) is 86.5 Å². The lowest BCUT2D eigenvalue weighted by Crippen LogP contribution is -2.27. The molecule has 0 bridgehead atoms. The topological polar surface area (TPSA) is 93.7 Å². The first-order valence-electron chi connectivity index (χ1n) is 8.30. The largest absolute Gasteiger partial charge is 0.457 e. The summed E-state index contributed by atoms with van der Waals surface area (Å²) in [5.41, 5.74) is 1.08. The molecule has 2 amide bonds. The van der Waals surface area contributed by atoms with Crippen LogP contribution in [-0.2, 0) is 4.79 Å². The Balaban J connectivity index is 1.57. The Bertz CT molecular complexity index is 1150. The maximum atomic E-state index is 12.7. The first-order chi connectivity index (χ1) is 13.9. The van der Waals surface area contributed by atoms with Crippen LogP contribution in [0.3, 0.4) is 0 Å². The minimum absolute atomic E-state index is 0.0172. The van der Waals surface area contributed by atoms with E-state index in [2.05, 4.69) is 0 Å². The number of anilines is 1. The number of halogens is 1. The van der Waals surface area contributed by atoms with E-state index in [1.165, 1.54) is 18.2 Å². The molecule has 0 unspecified atom stereocenters. The number of nitro groups is 1. The lowest BCUT2D eigenvalue weighted by atomic mass is 10.1. The van der Waals surface area contributed by atoms with E-state index in [4.69, 9.17) is 16.0 Å². The van der Waals surface area contributed by atoms with E-state index in [1.54, 1.807) is 48.5 Å². The zero-order valence-electron chi connectivity index (χ0n) is 14.6. The van der Waals surface area contributed by atoms with Gasteiger partial charge in [-0.1, -0.05) is 11.6 Å². The summed E-state index contributed by atoms with van der Waals surface area (Å²) in [5, 5.41) is 10.8. The van der Waals surface area contributed by atoms with Gasteiger partial charge in [-0.05, 0) is 60.3 Å². The van der Waals surface area contributed by atoms with Gasteiger partial charge in [0.1, 0.15) is 11.5 Å². The Labute approximate surface area is 173 Å². The quantitative estimate of drug-likeness (QED) is 0.299. The van der Waals surface area contributed by atoms with Crippen LogP contribution in [0.2, 0.25) is 5.02 Å². The number of thioether (sulfide) groups is 1. The maximum Gasteiger partial charge on any atom is 0.298 e. The van der Waals surface area contributed by atoms with Crippen molar-refractivity contribution in [2.75, 3.05) is 4.90 Å². The summed E-state index contributed by atoms with van der Waals surface area (Å²) >= 11 is 6.67. The van der Waals surface area contributed by atoms with Crippen LogP contribution in [0.4, 0.5) is 16.2 Å². The Morgan fingerprint density at radius 1 is 1.00 bits per heavy atom. The predicted molar refractivity (Wildman–Crippen MR) is 111 cm³/mol. The van der Waals surface area contributed by atoms with E-state index in [0.717, 1.165) is 16.7 Å². The molecule has 9 heteroatoms. The molecular formula is C20H11ClN2O5S. The first-order valence-corrected chi connectivity index (χ1v) is 9.50. The van der Waals surface area contributed by atoms with Gasteiger partial charge < -0.3 is 4.42 Å². The number of imide groups is 1. The van der Waals surface area contributed by atoms with E-state index in [-0.39, 0.29) is 10.6 Å². The highest BCUT2D eigenvalue weighted by molar-refractivity contribution is 8.19. The molecule has 0 saturated carbocycles. The van der Waals surface area contributed by atoms with Gasteiger partial charge in [0, 0.05) is 28.8 Å². The Morgan fingerprint density at radius 2 is 1.69 bits per heavy atom. The molecular weight excluding hydrogens is 416 g/mol. The van der Waals surface area contributed by atoms with Crippen molar-refractivity contribution in [1.29, 1.82) is 0 Å². The van der Waals surface area contributed by atoms with E-state index in [0.29, 0.717) is 27.8 Å². The molecule has 0 N–H and O–H groups in total. The third-order valence-corrected chi connectivity index (χ3v) is 5.26. The van der Waals surface area contributed by atoms with Crippen molar-refractivity contribution in [1.82, 2.24) is 0 Å². The van der Waals surface area contributed by atoms with Crippen molar-refractivity contribution in [3.8, 4) is 11.3 Å². The van der Waals surface area contributed by atoms with Gasteiger partial charge in [-0.2, -0.15) is 0 Å². The summed E-state index contributed by atoms with van der Waals surface area (Å²) in [6.07, 6.45) is 1.50. The molecule has 1 aliphatic heterocycles. The highest BCUT2D eigenvalue weighted by atomic mass is 35.5. The number of nitro benzene ring substituents is 1. The fourth-order valence-electron chi connectivity index (χ4n) is 2.74. The average Bonchev–Trinajstić information content (AvgIpc) is 3.28. The summed E-state index contributed by atoms with van der Waals surface area (Å²) < 4.78 is 5.71. The minimum Gasteiger partial charge on any atom is -0.457 e. The molecule has 1 aromatic heterocycles. The Morgan fingerprint density at radius 3 is 2.34 bits per heavy atom. The summed E-state index contributed by atoms with van der Waals surface area (Å²) in [6, 6.07) is 15.7. The van der Waals surface area contributed by atoms with Crippen LogP contribution in [0.25, 0.3) is 17.4 Å². The molecule has 7 nitrogen and oxygen atoms in total. The summed E-state index contributed by atoms with van der Waals surface area (Å²) in [7, 11) is 0. The van der Waals surface area contributed by atoms with Crippen LogP contribution in [0.1, 0.15) is 5.76 Å². The average molecular weight is 427 g/mol. The van der Waals surface area contributed by atoms with Gasteiger partial charge in [-0.3, -0.25) is 19.7 Å². The standard InChI is InChI=1S/C20H11ClN2O5S/c21-13-3-7-14(8-4-13)22-19(24)18(29-20(22)25)11-16-9-10-17(28-16)12-1-5-15(6-2-12)23(26)27/h1-11H/b18-11+. The normalized spacial score (nSPS) is 15.3. The van der Waals surface area contributed by atoms with Crippen molar-refractivity contribution in [2.45, 2.75) is 0 Å². The number of non-ortho nitro benzene ring substituents is 1. The summed E-state index contributed by atoms with van der Waals surface area (Å²) in [4.78, 5) is 36.5. The minimum atomic E-state index is -0.478. The highest BCUT2D eigenvalue weighted by Crippen LogP contribution is 2.36. The fourth-order valence-corrected chi connectivity index (χ4v) is 3.69. The smallest absolute Gasteiger partial charge is 0.298 e. The zero-order chi connectivity index (χ0) is 20.5. The second kappa shape index (κ2) is 7.57. The number of hydrogen-bond acceptors (Lipinski definition) is 6. The molecule has 2 heterocycles. The van der Waals surface area contributed by atoms with Crippen LogP contribution in [-0.4, -0.2) is 16.1 Å². The fraction of sp³-hybridized carbons (Fsp3) is 0. The van der Waals surface area contributed by atoms with E-state index >= 15 is 0 Å². The number of furan rings is 1. The van der Waals surface area contributed by atoms with Crippen LogP contribution < -0.4 is 4.90 Å². The molecule has 0 aliphatic carbocycles.